The largest absolute Gasteiger partial charge is 0.370 e. The maximum atomic E-state index is 4.76. The molecule has 156 valence electrons. The molecule has 6 heteroatoms. The summed E-state index contributed by atoms with van der Waals surface area (Å²) in [6.45, 7) is 6.53. The fraction of sp³-hybridized carbons (Fsp3) is 0.320. The van der Waals surface area contributed by atoms with Crippen molar-refractivity contribution in [2.45, 2.75) is 19.8 Å². The van der Waals surface area contributed by atoms with Crippen LogP contribution in [0.2, 0.25) is 0 Å². The number of anilines is 1. The molecule has 31 heavy (non-hydrogen) atoms. The van der Waals surface area contributed by atoms with Gasteiger partial charge in [0.25, 0.3) is 0 Å². The van der Waals surface area contributed by atoms with Crippen LogP contribution in [0.25, 0.3) is 33.5 Å². The molecule has 5 heterocycles. The average molecular weight is 411 g/mol. The number of aryl methyl sites for hydroxylation is 1. The maximum Gasteiger partial charge on any atom is 0.0977 e. The van der Waals surface area contributed by atoms with Crippen LogP contribution in [0, 0.1) is 12.3 Å². The Morgan fingerprint density at radius 1 is 1.06 bits per heavy atom. The van der Waals surface area contributed by atoms with E-state index >= 15 is 0 Å². The third-order valence-corrected chi connectivity index (χ3v) is 6.86. The number of aromatic amines is 1. The minimum atomic E-state index is 0.446. The van der Waals surface area contributed by atoms with Gasteiger partial charge in [-0.05, 0) is 56.6 Å². The fourth-order valence-corrected chi connectivity index (χ4v) is 5.13. The second kappa shape index (κ2) is 7.17. The van der Waals surface area contributed by atoms with Gasteiger partial charge in [-0.25, -0.2) is 4.98 Å². The first kappa shape index (κ1) is 18.5. The van der Waals surface area contributed by atoms with Gasteiger partial charge in [0.1, 0.15) is 0 Å². The van der Waals surface area contributed by atoms with Crippen molar-refractivity contribution in [3.63, 3.8) is 0 Å². The van der Waals surface area contributed by atoms with Crippen molar-refractivity contribution in [3.05, 3.63) is 60.7 Å². The molecule has 6 rings (SSSR count). The highest BCUT2D eigenvalue weighted by atomic mass is 15.2. The molecule has 0 bridgehead atoms. The van der Waals surface area contributed by atoms with Crippen LogP contribution in [-0.4, -0.2) is 46.1 Å². The second-order valence-electron chi connectivity index (χ2n) is 8.99. The van der Waals surface area contributed by atoms with Crippen molar-refractivity contribution >= 4 is 16.6 Å². The van der Waals surface area contributed by atoms with Crippen LogP contribution < -0.4 is 10.2 Å². The van der Waals surface area contributed by atoms with E-state index in [2.05, 4.69) is 49.4 Å². The van der Waals surface area contributed by atoms with Crippen molar-refractivity contribution in [1.29, 1.82) is 0 Å². The minimum absolute atomic E-state index is 0.446. The molecule has 1 spiro atoms. The molecule has 2 saturated heterocycles. The van der Waals surface area contributed by atoms with Gasteiger partial charge in [0.2, 0.25) is 0 Å². The normalized spacial score (nSPS) is 20.9. The molecule has 3 aromatic heterocycles. The van der Waals surface area contributed by atoms with Crippen LogP contribution >= 0.6 is 0 Å². The van der Waals surface area contributed by atoms with Gasteiger partial charge in [0, 0.05) is 41.7 Å². The lowest BCUT2D eigenvalue weighted by Gasteiger charge is -2.24. The highest BCUT2D eigenvalue weighted by Crippen LogP contribution is 2.39. The number of imidazole rings is 1. The highest BCUT2D eigenvalue weighted by molar-refractivity contribution is 5.88. The summed E-state index contributed by atoms with van der Waals surface area (Å²) < 4.78 is 0. The number of nitrogens with one attached hydrogen (secondary N) is 2. The number of rotatable bonds is 3. The minimum Gasteiger partial charge on any atom is -0.370 e. The molecular weight excluding hydrogens is 384 g/mol. The van der Waals surface area contributed by atoms with Gasteiger partial charge >= 0.3 is 0 Å². The number of pyridine rings is 2. The Bertz CT molecular complexity index is 1250. The van der Waals surface area contributed by atoms with E-state index in [0.29, 0.717) is 5.41 Å². The molecule has 2 aliphatic rings. The molecular formula is C25H26N6. The Morgan fingerprint density at radius 3 is 2.90 bits per heavy atom. The van der Waals surface area contributed by atoms with Gasteiger partial charge in [-0.2, -0.15) is 0 Å². The van der Waals surface area contributed by atoms with E-state index in [-0.39, 0.29) is 0 Å². The first-order valence-electron chi connectivity index (χ1n) is 11.0. The molecule has 1 aromatic carbocycles. The van der Waals surface area contributed by atoms with Gasteiger partial charge in [-0.1, -0.05) is 12.1 Å². The van der Waals surface area contributed by atoms with Crippen molar-refractivity contribution in [3.8, 4) is 22.6 Å². The van der Waals surface area contributed by atoms with Crippen LogP contribution in [0.15, 0.2) is 55.0 Å². The summed E-state index contributed by atoms with van der Waals surface area (Å²) in [6, 6.07) is 14.7. The number of H-pyrrole nitrogens is 1. The SMILES string of the molecule is Cc1cccc(-c2[nH]cnc2-c2ccc3ncc(N4CCC5(CCNC5)C4)cc3c2)n1. The lowest BCUT2D eigenvalue weighted by Crippen LogP contribution is -2.29. The molecule has 2 fully saturated rings. The summed E-state index contributed by atoms with van der Waals surface area (Å²) in [6.07, 6.45) is 6.31. The summed E-state index contributed by atoms with van der Waals surface area (Å²) in [5.41, 5.74) is 7.51. The van der Waals surface area contributed by atoms with Crippen molar-refractivity contribution in [1.82, 2.24) is 25.3 Å². The number of nitrogens with zero attached hydrogens (tertiary/aromatic N) is 4. The molecule has 6 nitrogen and oxygen atoms in total. The molecule has 1 unspecified atom stereocenters. The Morgan fingerprint density at radius 2 is 2.03 bits per heavy atom. The lowest BCUT2D eigenvalue weighted by atomic mass is 9.86. The molecule has 0 radical (unpaired) electrons. The Kier molecular flexibility index (Phi) is 4.28. The van der Waals surface area contributed by atoms with E-state index < -0.39 is 0 Å². The zero-order valence-corrected chi connectivity index (χ0v) is 17.7. The van der Waals surface area contributed by atoms with E-state index in [1.807, 2.05) is 31.3 Å². The molecule has 1 atom stereocenters. The van der Waals surface area contributed by atoms with Crippen molar-refractivity contribution in [2.24, 2.45) is 5.41 Å². The van der Waals surface area contributed by atoms with Crippen LogP contribution in [0.1, 0.15) is 18.5 Å². The van der Waals surface area contributed by atoms with E-state index in [9.17, 15) is 0 Å². The van der Waals surface area contributed by atoms with Gasteiger partial charge in [-0.15, -0.1) is 0 Å². The monoisotopic (exact) mass is 410 g/mol. The highest BCUT2D eigenvalue weighted by Gasteiger charge is 2.40. The molecule has 0 amide bonds. The van der Waals surface area contributed by atoms with Gasteiger partial charge in [0.15, 0.2) is 0 Å². The Balaban J connectivity index is 1.36. The standard InChI is InChI=1S/C25H26N6/c1-17-3-2-4-22(30-17)24-23(28-16-29-24)18-5-6-21-19(11-18)12-20(13-27-21)31-10-8-25(15-31)7-9-26-14-25/h2-6,11-13,16,26H,7-10,14-15H2,1H3,(H,28,29). The smallest absolute Gasteiger partial charge is 0.0977 e. The fourth-order valence-electron chi connectivity index (χ4n) is 5.13. The lowest BCUT2D eigenvalue weighted by molar-refractivity contribution is 0.369. The Hall–Kier alpha value is -3.25. The van der Waals surface area contributed by atoms with Gasteiger partial charge in [0.05, 0.1) is 40.8 Å². The first-order chi connectivity index (χ1) is 15.2. The van der Waals surface area contributed by atoms with Crippen molar-refractivity contribution < 1.29 is 0 Å². The van der Waals surface area contributed by atoms with Crippen LogP contribution in [0.5, 0.6) is 0 Å². The topological polar surface area (TPSA) is 69.7 Å². The van der Waals surface area contributed by atoms with Crippen LogP contribution in [0.4, 0.5) is 5.69 Å². The predicted molar refractivity (Wildman–Crippen MR) is 124 cm³/mol. The van der Waals surface area contributed by atoms with Gasteiger partial charge < -0.3 is 15.2 Å². The van der Waals surface area contributed by atoms with Crippen LogP contribution in [-0.2, 0) is 0 Å². The molecule has 2 aliphatic heterocycles. The van der Waals surface area contributed by atoms with Gasteiger partial charge in [-0.3, -0.25) is 9.97 Å². The predicted octanol–water partition coefficient (Wildman–Crippen LogP) is 4.19. The number of hydrogen-bond acceptors (Lipinski definition) is 5. The molecule has 0 saturated carbocycles. The van der Waals surface area contributed by atoms with E-state index in [1.54, 1.807) is 6.33 Å². The average Bonchev–Trinajstić information content (AvgIpc) is 3.55. The number of hydrogen-bond donors (Lipinski definition) is 2. The summed E-state index contributed by atoms with van der Waals surface area (Å²) >= 11 is 0. The quantitative estimate of drug-likeness (QED) is 0.530. The summed E-state index contributed by atoms with van der Waals surface area (Å²) in [7, 11) is 0. The summed E-state index contributed by atoms with van der Waals surface area (Å²) in [4.78, 5) is 19.8. The zero-order chi connectivity index (χ0) is 20.8. The number of fused-ring (bicyclic) bond motifs is 1. The first-order valence-corrected chi connectivity index (χ1v) is 11.0. The summed E-state index contributed by atoms with van der Waals surface area (Å²) in [5.74, 6) is 0. The Labute approximate surface area is 181 Å². The third-order valence-electron chi connectivity index (χ3n) is 6.86. The zero-order valence-electron chi connectivity index (χ0n) is 17.7. The number of aromatic nitrogens is 4. The van der Waals surface area contributed by atoms with Crippen LogP contribution in [0.3, 0.4) is 0 Å². The van der Waals surface area contributed by atoms with E-state index in [0.717, 1.165) is 65.4 Å². The third kappa shape index (κ3) is 3.27. The van der Waals surface area contributed by atoms with E-state index in [4.69, 9.17) is 4.98 Å². The van der Waals surface area contributed by atoms with Crippen molar-refractivity contribution in [2.75, 3.05) is 31.1 Å². The maximum absolute atomic E-state index is 4.76. The second-order valence-corrected chi connectivity index (χ2v) is 8.99. The number of benzene rings is 1. The molecule has 4 aromatic rings. The summed E-state index contributed by atoms with van der Waals surface area (Å²) in [5, 5.41) is 4.69. The molecule has 2 N–H and O–H groups in total. The van der Waals surface area contributed by atoms with E-state index in [1.165, 1.54) is 18.5 Å². The molecule has 0 aliphatic carbocycles.